The highest BCUT2D eigenvalue weighted by Crippen LogP contribution is 2.27. The normalized spacial score (nSPS) is 17.2. The molecule has 1 fully saturated rings. The van der Waals surface area contributed by atoms with E-state index in [9.17, 15) is 14.4 Å². The lowest BCUT2D eigenvalue weighted by Gasteiger charge is -2.14. The van der Waals surface area contributed by atoms with E-state index in [1.807, 2.05) is 13.8 Å². The average molecular weight is 354 g/mol. The topological polar surface area (TPSA) is 87.7 Å². The molecule has 8 heteroatoms. The Labute approximate surface area is 145 Å². The summed E-state index contributed by atoms with van der Waals surface area (Å²) >= 11 is 5.99. The molecule has 7 nitrogen and oxygen atoms in total. The Balaban J connectivity index is 1.98. The minimum Gasteiger partial charge on any atom is -0.495 e. The second-order valence-electron chi connectivity index (χ2n) is 5.95. The van der Waals surface area contributed by atoms with Gasteiger partial charge in [-0.3, -0.25) is 14.5 Å². The van der Waals surface area contributed by atoms with Gasteiger partial charge in [0.2, 0.25) is 5.91 Å². The molecule has 0 unspecified atom stereocenters. The Hall–Kier alpha value is -2.28. The van der Waals surface area contributed by atoms with Crippen LogP contribution in [0.3, 0.4) is 0 Å². The number of nitrogens with zero attached hydrogens (tertiary/aromatic N) is 1. The van der Waals surface area contributed by atoms with Crippen LogP contribution in [-0.2, 0) is 9.59 Å². The molecule has 1 aliphatic heterocycles. The molecule has 0 spiro atoms. The van der Waals surface area contributed by atoms with Crippen molar-refractivity contribution in [2.24, 2.45) is 5.92 Å². The number of carbonyl (C=O) groups excluding carboxylic acids is 3. The molecule has 24 heavy (non-hydrogen) atoms. The van der Waals surface area contributed by atoms with Gasteiger partial charge in [-0.1, -0.05) is 25.4 Å². The molecule has 130 valence electrons. The first-order chi connectivity index (χ1) is 11.3. The van der Waals surface area contributed by atoms with Crippen LogP contribution >= 0.6 is 11.6 Å². The fourth-order valence-corrected chi connectivity index (χ4v) is 2.70. The van der Waals surface area contributed by atoms with Gasteiger partial charge in [0.1, 0.15) is 18.3 Å². The first-order valence-electron chi connectivity index (χ1n) is 7.57. The molecule has 0 radical (unpaired) electrons. The lowest BCUT2D eigenvalue weighted by molar-refractivity contribution is -0.131. The van der Waals surface area contributed by atoms with E-state index >= 15 is 0 Å². The molecule has 0 bridgehead atoms. The molecular formula is C16H20ClN3O4. The SMILES string of the molecule is COc1ccc(NC(=O)CN2C(=O)N[C@@H](CC(C)C)C2=O)cc1Cl. The van der Waals surface area contributed by atoms with Crippen LogP contribution in [0.1, 0.15) is 20.3 Å². The Morgan fingerprint density at radius 2 is 2.12 bits per heavy atom. The highest BCUT2D eigenvalue weighted by molar-refractivity contribution is 6.32. The maximum Gasteiger partial charge on any atom is 0.325 e. The molecule has 2 rings (SSSR count). The van der Waals surface area contributed by atoms with Crippen LogP contribution in [-0.4, -0.2) is 42.4 Å². The van der Waals surface area contributed by atoms with E-state index in [1.165, 1.54) is 13.2 Å². The average Bonchev–Trinajstić information content (AvgIpc) is 2.74. The summed E-state index contributed by atoms with van der Waals surface area (Å²) in [6.07, 6.45) is 0.538. The van der Waals surface area contributed by atoms with Crippen LogP contribution in [0.4, 0.5) is 10.5 Å². The molecule has 0 saturated carbocycles. The standard InChI is InChI=1S/C16H20ClN3O4/c1-9(2)6-12-15(22)20(16(23)19-12)8-14(21)18-10-4-5-13(24-3)11(17)7-10/h4-5,7,9,12H,6,8H2,1-3H3,(H,18,21)(H,19,23)/t12-/m0/s1. The summed E-state index contributed by atoms with van der Waals surface area (Å²) in [5, 5.41) is 5.55. The molecule has 0 aromatic heterocycles. The summed E-state index contributed by atoms with van der Waals surface area (Å²) in [6.45, 7) is 3.58. The third-order valence-electron chi connectivity index (χ3n) is 3.55. The first kappa shape index (κ1) is 18.1. The zero-order valence-corrected chi connectivity index (χ0v) is 14.5. The Bertz CT molecular complexity index is 663. The van der Waals surface area contributed by atoms with Crippen molar-refractivity contribution in [3.63, 3.8) is 0 Å². The molecule has 1 heterocycles. The Morgan fingerprint density at radius 1 is 1.42 bits per heavy atom. The van der Waals surface area contributed by atoms with Crippen LogP contribution < -0.4 is 15.4 Å². The lowest BCUT2D eigenvalue weighted by Crippen LogP contribution is -2.38. The van der Waals surface area contributed by atoms with Crippen molar-refractivity contribution in [1.82, 2.24) is 10.2 Å². The molecule has 1 aromatic rings. The second-order valence-corrected chi connectivity index (χ2v) is 6.36. The molecule has 1 aliphatic rings. The number of rotatable bonds is 6. The van der Waals surface area contributed by atoms with Crippen LogP contribution in [0.2, 0.25) is 5.02 Å². The lowest BCUT2D eigenvalue weighted by atomic mass is 10.0. The third-order valence-corrected chi connectivity index (χ3v) is 3.85. The molecule has 1 atom stereocenters. The minimum absolute atomic E-state index is 0.259. The first-order valence-corrected chi connectivity index (χ1v) is 7.95. The number of benzene rings is 1. The van der Waals surface area contributed by atoms with E-state index in [0.717, 1.165) is 4.90 Å². The predicted molar refractivity (Wildman–Crippen MR) is 90.1 cm³/mol. The van der Waals surface area contributed by atoms with Gasteiger partial charge < -0.3 is 15.4 Å². The molecule has 4 amide bonds. The zero-order valence-electron chi connectivity index (χ0n) is 13.8. The van der Waals surface area contributed by atoms with Gasteiger partial charge in [-0.15, -0.1) is 0 Å². The van der Waals surface area contributed by atoms with Crippen LogP contribution in [0.5, 0.6) is 5.75 Å². The Morgan fingerprint density at radius 3 is 2.71 bits per heavy atom. The predicted octanol–water partition coefficient (Wildman–Crippen LogP) is 2.25. The van der Waals surface area contributed by atoms with Crippen molar-refractivity contribution in [1.29, 1.82) is 0 Å². The summed E-state index contributed by atoms with van der Waals surface area (Å²) in [7, 11) is 1.49. The van der Waals surface area contributed by atoms with Crippen LogP contribution in [0, 0.1) is 5.92 Å². The molecule has 1 saturated heterocycles. The number of ether oxygens (including phenoxy) is 1. The number of imide groups is 1. The molecular weight excluding hydrogens is 334 g/mol. The number of halogens is 1. The number of anilines is 1. The number of amides is 4. The van der Waals surface area contributed by atoms with Crippen molar-refractivity contribution in [3.05, 3.63) is 23.2 Å². The van der Waals surface area contributed by atoms with Gasteiger partial charge in [0.25, 0.3) is 5.91 Å². The summed E-state index contributed by atoms with van der Waals surface area (Å²) in [6, 6.07) is 3.65. The van der Waals surface area contributed by atoms with Crippen molar-refractivity contribution in [3.8, 4) is 5.75 Å². The molecule has 1 aromatic carbocycles. The smallest absolute Gasteiger partial charge is 0.325 e. The minimum atomic E-state index is -0.569. The second kappa shape index (κ2) is 7.53. The van der Waals surface area contributed by atoms with Crippen molar-refractivity contribution in [2.75, 3.05) is 19.0 Å². The van der Waals surface area contributed by atoms with Gasteiger partial charge in [-0.05, 0) is 30.5 Å². The van der Waals surface area contributed by atoms with Gasteiger partial charge in [0.15, 0.2) is 0 Å². The van der Waals surface area contributed by atoms with Crippen LogP contribution in [0.15, 0.2) is 18.2 Å². The fourth-order valence-electron chi connectivity index (χ4n) is 2.45. The summed E-state index contributed by atoms with van der Waals surface area (Å²) in [4.78, 5) is 37.1. The maximum atomic E-state index is 12.2. The van der Waals surface area contributed by atoms with Gasteiger partial charge in [-0.2, -0.15) is 0 Å². The van der Waals surface area contributed by atoms with E-state index in [1.54, 1.807) is 12.1 Å². The molecule has 2 N–H and O–H groups in total. The monoisotopic (exact) mass is 353 g/mol. The zero-order chi connectivity index (χ0) is 17.9. The van der Waals surface area contributed by atoms with Gasteiger partial charge in [0, 0.05) is 5.69 Å². The van der Waals surface area contributed by atoms with Crippen molar-refractivity contribution < 1.29 is 19.1 Å². The van der Waals surface area contributed by atoms with E-state index in [4.69, 9.17) is 16.3 Å². The van der Waals surface area contributed by atoms with E-state index in [2.05, 4.69) is 10.6 Å². The Kier molecular flexibility index (Phi) is 5.66. The highest BCUT2D eigenvalue weighted by Gasteiger charge is 2.38. The van der Waals surface area contributed by atoms with Crippen molar-refractivity contribution in [2.45, 2.75) is 26.3 Å². The third kappa shape index (κ3) is 4.17. The summed E-state index contributed by atoms with van der Waals surface area (Å²) in [5.74, 6) is -0.115. The number of urea groups is 1. The highest BCUT2D eigenvalue weighted by atomic mass is 35.5. The number of methoxy groups -OCH3 is 1. The van der Waals surface area contributed by atoms with Crippen LogP contribution in [0.25, 0.3) is 0 Å². The maximum absolute atomic E-state index is 12.2. The van der Waals surface area contributed by atoms with Gasteiger partial charge in [-0.25, -0.2) is 4.79 Å². The number of carbonyl (C=O) groups is 3. The quantitative estimate of drug-likeness (QED) is 0.768. The van der Waals surface area contributed by atoms with Gasteiger partial charge in [0.05, 0.1) is 12.1 Å². The number of hydrogen-bond acceptors (Lipinski definition) is 4. The largest absolute Gasteiger partial charge is 0.495 e. The summed E-state index contributed by atoms with van der Waals surface area (Å²) in [5.41, 5.74) is 0.455. The van der Waals surface area contributed by atoms with Crippen molar-refractivity contribution >= 4 is 35.1 Å². The summed E-state index contributed by atoms with van der Waals surface area (Å²) < 4.78 is 5.03. The van der Waals surface area contributed by atoms with E-state index in [0.29, 0.717) is 22.9 Å². The molecule has 0 aliphatic carbocycles. The fraction of sp³-hybridized carbons (Fsp3) is 0.438. The van der Waals surface area contributed by atoms with E-state index < -0.39 is 18.0 Å². The number of nitrogens with one attached hydrogen (secondary N) is 2. The van der Waals surface area contributed by atoms with Gasteiger partial charge >= 0.3 is 6.03 Å². The van der Waals surface area contributed by atoms with E-state index in [-0.39, 0.29) is 18.4 Å². The number of hydrogen-bond donors (Lipinski definition) is 2.